The molecule has 21 heavy (non-hydrogen) atoms. The van der Waals surface area contributed by atoms with Crippen LogP contribution >= 0.6 is 11.6 Å². The number of hydrogen-bond acceptors (Lipinski definition) is 3. The fourth-order valence-corrected chi connectivity index (χ4v) is 2.20. The molecule has 0 saturated carbocycles. The zero-order valence-electron chi connectivity index (χ0n) is 12.1. The van der Waals surface area contributed by atoms with Gasteiger partial charge in [0.05, 0.1) is 12.7 Å². The van der Waals surface area contributed by atoms with E-state index in [1.165, 1.54) is 5.56 Å². The summed E-state index contributed by atoms with van der Waals surface area (Å²) >= 11 is 5.89. The van der Waals surface area contributed by atoms with Gasteiger partial charge in [0.2, 0.25) is 0 Å². The van der Waals surface area contributed by atoms with E-state index in [-0.39, 0.29) is 6.04 Å². The van der Waals surface area contributed by atoms with Crippen molar-refractivity contribution in [1.29, 1.82) is 5.26 Å². The Balaban J connectivity index is 2.02. The summed E-state index contributed by atoms with van der Waals surface area (Å²) in [5.41, 5.74) is 2.80. The van der Waals surface area contributed by atoms with Crippen molar-refractivity contribution in [3.63, 3.8) is 0 Å². The van der Waals surface area contributed by atoms with Crippen LogP contribution in [0.1, 0.15) is 29.7 Å². The Kier molecular flexibility index (Phi) is 5.21. The molecule has 0 aliphatic carbocycles. The standard InChI is InChI=1S/C17H17ClN2O/c1-12(14-5-7-16(18)8-6-14)20-11-13-3-4-15(10-19)17(9-13)21-2/h3-9,12,20H,11H2,1-2H3. The highest BCUT2D eigenvalue weighted by Gasteiger charge is 2.07. The van der Waals surface area contributed by atoms with Crippen LogP contribution in [-0.4, -0.2) is 7.11 Å². The number of halogens is 1. The molecule has 0 amide bonds. The Morgan fingerprint density at radius 3 is 2.57 bits per heavy atom. The number of rotatable bonds is 5. The summed E-state index contributed by atoms with van der Waals surface area (Å²) in [7, 11) is 1.57. The van der Waals surface area contributed by atoms with Crippen LogP contribution < -0.4 is 10.1 Å². The van der Waals surface area contributed by atoms with E-state index in [4.69, 9.17) is 21.6 Å². The van der Waals surface area contributed by atoms with Gasteiger partial charge in [0.25, 0.3) is 0 Å². The van der Waals surface area contributed by atoms with E-state index in [9.17, 15) is 0 Å². The van der Waals surface area contributed by atoms with E-state index >= 15 is 0 Å². The maximum atomic E-state index is 8.97. The summed E-state index contributed by atoms with van der Waals surface area (Å²) in [6.07, 6.45) is 0. The summed E-state index contributed by atoms with van der Waals surface area (Å²) in [5.74, 6) is 0.607. The van der Waals surface area contributed by atoms with Crippen molar-refractivity contribution in [2.75, 3.05) is 7.11 Å². The lowest BCUT2D eigenvalue weighted by Gasteiger charge is -2.15. The van der Waals surface area contributed by atoms with E-state index in [1.54, 1.807) is 13.2 Å². The van der Waals surface area contributed by atoms with Gasteiger partial charge in [-0.25, -0.2) is 0 Å². The van der Waals surface area contributed by atoms with Crippen LogP contribution in [0.2, 0.25) is 5.02 Å². The predicted molar refractivity (Wildman–Crippen MR) is 84.4 cm³/mol. The summed E-state index contributed by atoms with van der Waals surface area (Å²) in [5, 5.41) is 13.2. The first-order valence-corrected chi connectivity index (χ1v) is 7.07. The van der Waals surface area contributed by atoms with Crippen LogP contribution in [-0.2, 0) is 6.54 Å². The van der Waals surface area contributed by atoms with Crippen LogP contribution in [0, 0.1) is 11.3 Å². The molecule has 0 aliphatic heterocycles. The predicted octanol–water partition coefficient (Wildman–Crippen LogP) is 4.07. The summed E-state index contributed by atoms with van der Waals surface area (Å²) < 4.78 is 5.22. The van der Waals surface area contributed by atoms with Gasteiger partial charge in [-0.05, 0) is 42.3 Å². The normalized spacial score (nSPS) is 11.7. The second-order valence-corrected chi connectivity index (χ2v) is 5.24. The summed E-state index contributed by atoms with van der Waals surface area (Å²) in [6, 6.07) is 15.7. The molecule has 2 aromatic carbocycles. The molecule has 2 aromatic rings. The van der Waals surface area contributed by atoms with E-state index in [0.29, 0.717) is 17.9 Å². The van der Waals surface area contributed by atoms with Gasteiger partial charge in [-0.1, -0.05) is 29.8 Å². The molecule has 2 rings (SSSR count). The number of nitrogens with zero attached hydrogens (tertiary/aromatic N) is 1. The molecule has 1 N–H and O–H groups in total. The minimum atomic E-state index is 0.212. The molecule has 108 valence electrons. The Hall–Kier alpha value is -2.02. The molecule has 3 nitrogen and oxygen atoms in total. The number of hydrogen-bond donors (Lipinski definition) is 1. The fourth-order valence-electron chi connectivity index (χ4n) is 2.08. The van der Waals surface area contributed by atoms with Crippen molar-refractivity contribution in [2.24, 2.45) is 0 Å². The van der Waals surface area contributed by atoms with Gasteiger partial charge in [0.15, 0.2) is 0 Å². The van der Waals surface area contributed by atoms with Gasteiger partial charge in [-0.2, -0.15) is 5.26 Å². The molecule has 0 bridgehead atoms. The van der Waals surface area contributed by atoms with Crippen molar-refractivity contribution in [3.05, 3.63) is 64.2 Å². The highest BCUT2D eigenvalue weighted by atomic mass is 35.5. The quantitative estimate of drug-likeness (QED) is 0.905. The average Bonchev–Trinajstić information content (AvgIpc) is 2.52. The van der Waals surface area contributed by atoms with Gasteiger partial charge >= 0.3 is 0 Å². The fraction of sp³-hybridized carbons (Fsp3) is 0.235. The largest absolute Gasteiger partial charge is 0.495 e. The van der Waals surface area contributed by atoms with Crippen LogP contribution in [0.25, 0.3) is 0 Å². The molecule has 0 heterocycles. The lowest BCUT2D eigenvalue weighted by Crippen LogP contribution is -2.18. The van der Waals surface area contributed by atoms with Gasteiger partial charge in [0.1, 0.15) is 11.8 Å². The van der Waals surface area contributed by atoms with Crippen LogP contribution in [0.3, 0.4) is 0 Å². The third kappa shape index (κ3) is 3.98. The second-order valence-electron chi connectivity index (χ2n) is 4.80. The van der Waals surface area contributed by atoms with Crippen molar-refractivity contribution >= 4 is 11.6 Å². The van der Waals surface area contributed by atoms with E-state index in [1.807, 2.05) is 36.4 Å². The molecule has 1 atom stereocenters. The molecule has 0 spiro atoms. The van der Waals surface area contributed by atoms with Gasteiger partial charge in [-0.15, -0.1) is 0 Å². The zero-order valence-corrected chi connectivity index (χ0v) is 12.8. The Bertz CT molecular complexity index is 647. The van der Waals surface area contributed by atoms with Gasteiger partial charge < -0.3 is 10.1 Å². The smallest absolute Gasteiger partial charge is 0.136 e. The van der Waals surface area contributed by atoms with Crippen LogP contribution in [0.4, 0.5) is 0 Å². The molecule has 0 saturated heterocycles. The van der Waals surface area contributed by atoms with Crippen molar-refractivity contribution in [1.82, 2.24) is 5.32 Å². The minimum Gasteiger partial charge on any atom is -0.495 e. The van der Waals surface area contributed by atoms with Crippen LogP contribution in [0.15, 0.2) is 42.5 Å². The van der Waals surface area contributed by atoms with Crippen molar-refractivity contribution in [3.8, 4) is 11.8 Å². The second kappa shape index (κ2) is 7.12. The Morgan fingerprint density at radius 1 is 1.24 bits per heavy atom. The van der Waals surface area contributed by atoms with E-state index in [0.717, 1.165) is 10.6 Å². The first-order chi connectivity index (χ1) is 10.1. The zero-order chi connectivity index (χ0) is 15.2. The van der Waals surface area contributed by atoms with E-state index < -0.39 is 0 Å². The molecular formula is C17H17ClN2O. The van der Waals surface area contributed by atoms with Crippen molar-refractivity contribution < 1.29 is 4.74 Å². The number of benzene rings is 2. The molecular weight excluding hydrogens is 284 g/mol. The maximum Gasteiger partial charge on any atom is 0.136 e. The summed E-state index contributed by atoms with van der Waals surface area (Å²) in [6.45, 7) is 2.80. The maximum absolute atomic E-state index is 8.97. The number of ether oxygens (including phenoxy) is 1. The van der Waals surface area contributed by atoms with Crippen LogP contribution in [0.5, 0.6) is 5.75 Å². The number of methoxy groups -OCH3 is 1. The first kappa shape index (κ1) is 15.4. The number of nitriles is 1. The van der Waals surface area contributed by atoms with Gasteiger partial charge in [0, 0.05) is 17.6 Å². The Labute approximate surface area is 130 Å². The SMILES string of the molecule is COc1cc(CNC(C)c2ccc(Cl)cc2)ccc1C#N. The molecule has 4 heteroatoms. The van der Waals surface area contributed by atoms with Crippen molar-refractivity contribution in [2.45, 2.75) is 19.5 Å². The Morgan fingerprint density at radius 2 is 1.95 bits per heavy atom. The third-order valence-electron chi connectivity index (χ3n) is 3.37. The average molecular weight is 301 g/mol. The highest BCUT2D eigenvalue weighted by molar-refractivity contribution is 6.30. The highest BCUT2D eigenvalue weighted by Crippen LogP contribution is 2.20. The molecule has 0 aromatic heterocycles. The van der Waals surface area contributed by atoms with E-state index in [2.05, 4.69) is 18.3 Å². The minimum absolute atomic E-state index is 0.212. The third-order valence-corrected chi connectivity index (χ3v) is 3.62. The summed E-state index contributed by atoms with van der Waals surface area (Å²) in [4.78, 5) is 0. The topological polar surface area (TPSA) is 45.0 Å². The molecule has 0 radical (unpaired) electrons. The number of nitrogens with one attached hydrogen (secondary N) is 1. The van der Waals surface area contributed by atoms with Gasteiger partial charge in [-0.3, -0.25) is 0 Å². The molecule has 0 fully saturated rings. The monoisotopic (exact) mass is 300 g/mol. The molecule has 0 aliphatic rings. The lowest BCUT2D eigenvalue weighted by molar-refractivity contribution is 0.412. The molecule has 1 unspecified atom stereocenters. The lowest BCUT2D eigenvalue weighted by atomic mass is 10.1. The first-order valence-electron chi connectivity index (χ1n) is 6.70.